The third kappa shape index (κ3) is 7.02. The maximum Gasteiger partial charge on any atom is 0.134 e. The summed E-state index contributed by atoms with van der Waals surface area (Å²) in [7, 11) is 8.20. The van der Waals surface area contributed by atoms with Crippen LogP contribution in [0, 0.1) is 37.6 Å². The first-order valence-corrected chi connectivity index (χ1v) is 22.9. The number of anilines is 2. The molecule has 72 heavy (non-hydrogen) atoms. The summed E-state index contributed by atoms with van der Waals surface area (Å²) in [5, 5.41) is 5.97. The van der Waals surface area contributed by atoms with Gasteiger partial charge < -0.3 is 47.3 Å². The minimum Gasteiger partial charge on any atom is -0.510 e. The van der Waals surface area contributed by atoms with Crippen molar-refractivity contribution in [3.8, 4) is 34.6 Å². The number of aryl methyl sites for hydroxylation is 2. The summed E-state index contributed by atoms with van der Waals surface area (Å²) < 4.78 is 22.7. The van der Waals surface area contributed by atoms with Crippen molar-refractivity contribution in [2.45, 2.75) is 0 Å². The van der Waals surface area contributed by atoms with Crippen molar-refractivity contribution < 1.29 is 51.6 Å². The Morgan fingerprint density at radius 3 is 1.28 bits per heavy atom. The fourth-order valence-electron chi connectivity index (χ4n) is 10.3. The van der Waals surface area contributed by atoms with Crippen molar-refractivity contribution in [1.82, 2.24) is 38.0 Å². The summed E-state index contributed by atoms with van der Waals surface area (Å²) in [6, 6.07) is 55.9. The van der Waals surface area contributed by atoms with Crippen LogP contribution in [0.2, 0.25) is 0 Å². The third-order valence-corrected chi connectivity index (χ3v) is 13.5. The Morgan fingerprint density at radius 1 is 0.444 bits per heavy atom. The first-order chi connectivity index (χ1) is 34.3. The van der Waals surface area contributed by atoms with Crippen LogP contribution in [0.5, 0.6) is 23.0 Å². The summed E-state index contributed by atoms with van der Waals surface area (Å²) in [6.07, 6.45) is 11.7. The number of para-hydroxylation sites is 2. The van der Waals surface area contributed by atoms with Crippen LogP contribution < -0.4 is 19.3 Å². The molecule has 0 amide bonds. The molecule has 14 heteroatoms. The zero-order valence-corrected chi connectivity index (χ0v) is 43.6. The first-order valence-electron chi connectivity index (χ1n) is 22.9. The molecule has 0 radical (unpaired) electrons. The first kappa shape index (κ1) is 45.4. The molecule has 12 aromatic rings. The van der Waals surface area contributed by atoms with Gasteiger partial charge in [-0.3, -0.25) is 0 Å². The monoisotopic (exact) mass is 1300 g/mol. The fraction of sp³-hybridized carbons (Fsp3) is 0.0690. The van der Waals surface area contributed by atoms with Gasteiger partial charge in [-0.2, -0.15) is 25.5 Å². The third-order valence-electron chi connectivity index (χ3n) is 13.5. The molecule has 0 spiro atoms. The number of hydrogen-bond donors (Lipinski definition) is 0. The van der Waals surface area contributed by atoms with E-state index >= 15 is 0 Å². The minimum absolute atomic E-state index is 0. The zero-order valence-electron chi connectivity index (χ0n) is 39.1. The number of aromatic nitrogens is 6. The van der Waals surface area contributed by atoms with Crippen LogP contribution in [0.1, 0.15) is 0 Å². The largest absolute Gasteiger partial charge is 0.510 e. The second-order valence-electron chi connectivity index (χ2n) is 17.7. The standard InChI is InChI=1S/C58H40N10O2.2Pt/c1-61-25-27-65(35-61)37-29-49-55(41-13-5-7-15-45(41)63(49)3)51(31-37)69-39-19-21-43-47(33-39)67(53-17-9-11-23-59-53)58-44-22-20-40(34-48(44)68(57(43)58)54-18-10-12-24-60-54)70-52-32-38(66-28-26-62(2)36-66)30-50-56(52)42-14-6-8-16-46(42)64(50)4;;/h5-30,35-36H,1-4H3;;/q-6;;. The Kier molecular flexibility index (Phi) is 11.0. The molecule has 2 aliphatic heterocycles. The molecular weight excluding hydrogens is 1260 g/mol. The number of nitrogens with zero attached hydrogens (tertiary/aromatic N) is 10. The van der Waals surface area contributed by atoms with Crippen molar-refractivity contribution in [2.24, 2.45) is 14.1 Å². The SMILES string of the molecule is CN1C=CN(c2[c-]c(Oc3[c-]c4c(cc3)c3c(c5ccc(Oc6[c-]c(N7C=CN(C)[CH-]7)cc7c6c6ccccc6n7C)[c-]c5n3-c3ccccn3)n4-c3ccccn3)c3c4ccccc4n(C)c3c2)[CH-]1.[Pt].[Pt]. The quantitative estimate of drug-likeness (QED) is 0.139. The molecule has 6 aromatic carbocycles. The van der Waals surface area contributed by atoms with Crippen molar-refractivity contribution in [2.75, 3.05) is 23.9 Å². The van der Waals surface area contributed by atoms with Crippen LogP contribution in [0.4, 0.5) is 11.4 Å². The zero-order chi connectivity index (χ0) is 46.8. The molecule has 0 N–H and O–H groups in total. The summed E-state index contributed by atoms with van der Waals surface area (Å²) in [5.41, 5.74) is 9.39. The van der Waals surface area contributed by atoms with E-state index in [1.165, 1.54) is 0 Å². The summed E-state index contributed by atoms with van der Waals surface area (Å²) in [5.74, 6) is 3.73. The van der Waals surface area contributed by atoms with Crippen LogP contribution in [-0.4, -0.2) is 52.1 Å². The number of fused-ring (bicyclic) bond motifs is 11. The van der Waals surface area contributed by atoms with Crippen LogP contribution in [0.3, 0.4) is 0 Å². The number of ether oxygens (including phenoxy) is 2. The van der Waals surface area contributed by atoms with Crippen LogP contribution in [0.15, 0.2) is 159 Å². The van der Waals surface area contributed by atoms with E-state index in [9.17, 15) is 0 Å². The van der Waals surface area contributed by atoms with Gasteiger partial charge in [0.2, 0.25) is 0 Å². The second kappa shape index (κ2) is 17.5. The average Bonchev–Trinajstić information content (AvgIpc) is 4.25. The molecule has 6 aromatic heterocycles. The van der Waals surface area contributed by atoms with E-state index in [4.69, 9.17) is 19.4 Å². The van der Waals surface area contributed by atoms with Gasteiger partial charge in [-0.1, -0.05) is 104 Å². The predicted octanol–water partition coefficient (Wildman–Crippen LogP) is 12.3. The predicted molar refractivity (Wildman–Crippen MR) is 277 cm³/mol. The number of pyridine rings is 2. The minimum atomic E-state index is 0. The maximum atomic E-state index is 7.00. The summed E-state index contributed by atoms with van der Waals surface area (Å²) in [6.45, 7) is 4.04. The molecule has 2 aliphatic rings. The number of rotatable bonds is 8. The van der Waals surface area contributed by atoms with E-state index in [-0.39, 0.29) is 42.1 Å². The molecule has 8 heterocycles. The van der Waals surface area contributed by atoms with Gasteiger partial charge in [0.25, 0.3) is 0 Å². The van der Waals surface area contributed by atoms with Gasteiger partial charge in [0.1, 0.15) is 11.6 Å². The van der Waals surface area contributed by atoms with Crippen LogP contribution >= 0.6 is 0 Å². The topological polar surface area (TPSA) is 76.9 Å². The Labute approximate surface area is 443 Å². The molecule has 0 bridgehead atoms. The molecule has 0 unspecified atom stereocenters. The van der Waals surface area contributed by atoms with Gasteiger partial charge in [-0.25, -0.2) is 9.97 Å². The van der Waals surface area contributed by atoms with E-state index in [1.54, 1.807) is 0 Å². The van der Waals surface area contributed by atoms with Gasteiger partial charge in [0, 0.05) is 114 Å². The average molecular weight is 1300 g/mol. The van der Waals surface area contributed by atoms with Gasteiger partial charge in [-0.15, -0.1) is 48.5 Å². The van der Waals surface area contributed by atoms with Crippen molar-refractivity contribution >= 4 is 87.8 Å². The van der Waals surface area contributed by atoms with E-state index in [0.29, 0.717) is 23.0 Å². The molecule has 0 atom stereocenters. The van der Waals surface area contributed by atoms with Crippen molar-refractivity contribution in [3.63, 3.8) is 0 Å². The van der Waals surface area contributed by atoms with Gasteiger partial charge in [-0.05, 0) is 86.1 Å². The van der Waals surface area contributed by atoms with E-state index < -0.39 is 0 Å². The number of benzene rings is 6. The van der Waals surface area contributed by atoms with Crippen LogP contribution in [0.25, 0.3) is 88.1 Å². The molecule has 0 saturated carbocycles. The maximum absolute atomic E-state index is 7.00. The normalized spacial score (nSPS) is 13.6. The Balaban J connectivity index is 0.00000265. The molecular formula is C58H40N10O2Pt2-6. The second-order valence-corrected chi connectivity index (χ2v) is 17.7. The van der Waals surface area contributed by atoms with Crippen LogP contribution in [-0.2, 0) is 56.2 Å². The smallest absolute Gasteiger partial charge is 0.134 e. The summed E-state index contributed by atoms with van der Waals surface area (Å²) in [4.78, 5) is 18.0. The summed E-state index contributed by atoms with van der Waals surface area (Å²) >= 11 is 0. The Bertz CT molecular complexity index is 3910. The Hall–Kier alpha value is -7.78. The number of hydrogen-bond acceptors (Lipinski definition) is 8. The van der Waals surface area contributed by atoms with Crippen molar-refractivity contribution in [1.29, 1.82) is 0 Å². The Morgan fingerprint density at radius 2 is 0.875 bits per heavy atom. The van der Waals surface area contributed by atoms with Gasteiger partial charge in [0.15, 0.2) is 0 Å². The molecule has 14 rings (SSSR count). The molecule has 0 fully saturated rings. The van der Waals surface area contributed by atoms with Gasteiger partial charge >= 0.3 is 0 Å². The van der Waals surface area contributed by atoms with E-state index in [2.05, 4.69) is 129 Å². The van der Waals surface area contributed by atoms with Crippen molar-refractivity contribution in [3.05, 3.63) is 196 Å². The van der Waals surface area contributed by atoms with Gasteiger partial charge in [0.05, 0.1) is 0 Å². The van der Waals surface area contributed by atoms with E-state index in [0.717, 1.165) is 99.5 Å². The fourth-order valence-corrected chi connectivity index (χ4v) is 10.3. The molecule has 0 saturated heterocycles. The van der Waals surface area contributed by atoms with E-state index in [1.807, 2.05) is 133 Å². The molecule has 360 valence electrons. The molecule has 0 aliphatic carbocycles. The molecule has 12 nitrogen and oxygen atoms in total.